The van der Waals surface area contributed by atoms with Crippen LogP contribution in [0.4, 0.5) is 0 Å². The Bertz CT molecular complexity index is 934. The highest BCUT2D eigenvalue weighted by atomic mass is 32.2. The van der Waals surface area contributed by atoms with E-state index in [4.69, 9.17) is 4.74 Å². The van der Waals surface area contributed by atoms with Gasteiger partial charge in [0.2, 0.25) is 0 Å². The fourth-order valence-electron chi connectivity index (χ4n) is 5.39. The van der Waals surface area contributed by atoms with Crippen LogP contribution < -0.4 is 4.74 Å². The Balaban J connectivity index is 1.33. The number of methoxy groups -OCH3 is 1. The number of thioether (sulfide) groups is 1. The average molecular weight is 473 g/mol. The molecule has 2 heterocycles. The second-order valence-corrected chi connectivity index (χ2v) is 10.9. The van der Waals surface area contributed by atoms with E-state index in [-0.39, 0.29) is 11.8 Å². The summed E-state index contributed by atoms with van der Waals surface area (Å²) >= 11 is 2.07. The van der Waals surface area contributed by atoms with Gasteiger partial charge in [0, 0.05) is 35.7 Å². The van der Waals surface area contributed by atoms with E-state index in [1.165, 1.54) is 25.7 Å². The van der Waals surface area contributed by atoms with Gasteiger partial charge in [0.1, 0.15) is 5.75 Å². The fourth-order valence-corrected chi connectivity index (χ4v) is 6.76. The smallest absolute Gasteiger partial charge is 0.308 e. The van der Waals surface area contributed by atoms with E-state index in [9.17, 15) is 15.0 Å². The lowest BCUT2D eigenvalue weighted by Gasteiger charge is -2.37. The number of ether oxygens (including phenoxy) is 1. The van der Waals surface area contributed by atoms with Crippen molar-refractivity contribution in [1.82, 2.24) is 9.88 Å². The summed E-state index contributed by atoms with van der Waals surface area (Å²) in [5.41, 5.74) is 1.65. The van der Waals surface area contributed by atoms with Crippen LogP contribution in [0.2, 0.25) is 0 Å². The number of fused-ring (bicyclic) bond motifs is 1. The third kappa shape index (κ3) is 6.19. The summed E-state index contributed by atoms with van der Waals surface area (Å²) in [6, 6.07) is 7.52. The number of carboxylic acids is 1. The number of carboxylic acid groups (broad SMARTS) is 1. The maximum Gasteiger partial charge on any atom is 0.308 e. The molecule has 2 fully saturated rings. The summed E-state index contributed by atoms with van der Waals surface area (Å²) in [6.45, 7) is 2.55. The number of aliphatic hydroxyl groups is 1. The van der Waals surface area contributed by atoms with Crippen LogP contribution in [0.15, 0.2) is 30.5 Å². The average Bonchev–Trinajstić information content (AvgIpc) is 3.35. The van der Waals surface area contributed by atoms with Gasteiger partial charge in [0.25, 0.3) is 0 Å². The van der Waals surface area contributed by atoms with Crippen molar-refractivity contribution < 1.29 is 19.7 Å². The van der Waals surface area contributed by atoms with Crippen molar-refractivity contribution in [3.05, 3.63) is 36.0 Å². The number of rotatable bonds is 10. The molecule has 0 unspecified atom stereocenters. The molecule has 0 bridgehead atoms. The van der Waals surface area contributed by atoms with Crippen molar-refractivity contribution in [2.45, 2.75) is 56.3 Å². The van der Waals surface area contributed by atoms with E-state index < -0.39 is 12.1 Å². The van der Waals surface area contributed by atoms with Gasteiger partial charge in [-0.25, -0.2) is 0 Å². The molecule has 1 aliphatic heterocycles. The van der Waals surface area contributed by atoms with Crippen LogP contribution in [-0.4, -0.2) is 63.8 Å². The number of aliphatic carboxylic acids is 1. The van der Waals surface area contributed by atoms with Crippen LogP contribution in [0, 0.1) is 11.8 Å². The summed E-state index contributed by atoms with van der Waals surface area (Å²) in [4.78, 5) is 18.8. The Kier molecular flexibility index (Phi) is 8.50. The molecular formula is C26H36N2O4S. The quantitative estimate of drug-likeness (QED) is 0.516. The predicted octanol–water partition coefficient (Wildman–Crippen LogP) is 4.76. The standard InChI is InChI=1S/C26H36N2O4S/c1-32-19-7-8-24-22(16-19)21(10-12-27-24)25(29)9-6-18-11-13-28(17-23(18)26(30)31)14-15-33-20-4-2-3-5-20/h7-8,10,12,16,18,20,23,25,29H,2-6,9,11,13-15,17H2,1H3,(H,30,31)/t18-,23+,25-/m1/s1. The topological polar surface area (TPSA) is 82.9 Å². The van der Waals surface area contributed by atoms with Crippen LogP contribution in [0.5, 0.6) is 5.75 Å². The zero-order chi connectivity index (χ0) is 23.2. The first-order chi connectivity index (χ1) is 16.0. The zero-order valence-electron chi connectivity index (χ0n) is 19.5. The molecule has 3 atom stereocenters. The molecule has 180 valence electrons. The zero-order valence-corrected chi connectivity index (χ0v) is 20.3. The van der Waals surface area contributed by atoms with E-state index in [1.807, 2.05) is 24.3 Å². The number of nitrogens with zero attached hydrogens (tertiary/aromatic N) is 2. The molecule has 6 nitrogen and oxygen atoms in total. The van der Waals surface area contributed by atoms with E-state index in [2.05, 4.69) is 21.6 Å². The van der Waals surface area contributed by atoms with Crippen molar-refractivity contribution in [3.8, 4) is 5.75 Å². The van der Waals surface area contributed by atoms with Gasteiger partial charge in [-0.3, -0.25) is 9.78 Å². The summed E-state index contributed by atoms with van der Waals surface area (Å²) in [6.07, 6.45) is 8.59. The molecule has 7 heteroatoms. The number of piperidine rings is 1. The number of pyridine rings is 1. The van der Waals surface area contributed by atoms with Crippen LogP contribution in [0.1, 0.15) is 56.6 Å². The van der Waals surface area contributed by atoms with Gasteiger partial charge < -0.3 is 19.8 Å². The molecule has 4 rings (SSSR count). The third-order valence-electron chi connectivity index (χ3n) is 7.37. The minimum Gasteiger partial charge on any atom is -0.497 e. The monoisotopic (exact) mass is 472 g/mol. The van der Waals surface area contributed by atoms with Gasteiger partial charge in [-0.1, -0.05) is 12.8 Å². The van der Waals surface area contributed by atoms with Crippen LogP contribution in [0.3, 0.4) is 0 Å². The Morgan fingerprint density at radius 2 is 2.09 bits per heavy atom. The molecular weight excluding hydrogens is 436 g/mol. The first kappa shape index (κ1) is 24.3. The van der Waals surface area contributed by atoms with Gasteiger partial charge in [-0.15, -0.1) is 0 Å². The molecule has 33 heavy (non-hydrogen) atoms. The summed E-state index contributed by atoms with van der Waals surface area (Å²) in [7, 11) is 1.62. The lowest BCUT2D eigenvalue weighted by molar-refractivity contribution is -0.146. The Hall–Kier alpha value is -1.83. The molecule has 1 saturated carbocycles. The van der Waals surface area contributed by atoms with Gasteiger partial charge in [0.15, 0.2) is 0 Å². The van der Waals surface area contributed by atoms with E-state index >= 15 is 0 Å². The second kappa shape index (κ2) is 11.5. The maximum absolute atomic E-state index is 12.0. The predicted molar refractivity (Wildman–Crippen MR) is 133 cm³/mol. The van der Waals surface area contributed by atoms with Crippen LogP contribution >= 0.6 is 11.8 Å². The van der Waals surface area contributed by atoms with Gasteiger partial charge in [-0.05, 0) is 74.4 Å². The lowest BCUT2D eigenvalue weighted by atomic mass is 9.81. The number of benzene rings is 1. The third-order valence-corrected chi connectivity index (χ3v) is 8.73. The molecule has 2 aliphatic rings. The number of hydrogen-bond acceptors (Lipinski definition) is 6. The van der Waals surface area contributed by atoms with Crippen molar-refractivity contribution in [1.29, 1.82) is 0 Å². The molecule has 1 saturated heterocycles. The normalized spacial score (nSPS) is 23.1. The highest BCUT2D eigenvalue weighted by Gasteiger charge is 2.34. The molecule has 2 aromatic rings. The number of aromatic nitrogens is 1. The van der Waals surface area contributed by atoms with E-state index in [0.29, 0.717) is 19.4 Å². The van der Waals surface area contributed by atoms with Crippen molar-refractivity contribution in [3.63, 3.8) is 0 Å². The Morgan fingerprint density at radius 3 is 2.85 bits per heavy atom. The van der Waals surface area contributed by atoms with Crippen molar-refractivity contribution in [2.24, 2.45) is 11.8 Å². The first-order valence-electron chi connectivity index (χ1n) is 12.2. The van der Waals surface area contributed by atoms with Crippen LogP contribution in [0.25, 0.3) is 10.9 Å². The Labute approximate surface area is 200 Å². The molecule has 1 aliphatic carbocycles. The summed E-state index contributed by atoms with van der Waals surface area (Å²) in [5, 5.41) is 22.6. The SMILES string of the molecule is COc1ccc2nccc([C@H](O)CC[C@@H]3CCN(CCSC4CCCC4)C[C@@H]3C(=O)O)c2c1. The maximum atomic E-state index is 12.0. The highest BCUT2D eigenvalue weighted by Crippen LogP contribution is 2.34. The molecule has 0 amide bonds. The fraction of sp³-hybridized carbons (Fsp3) is 0.615. The minimum absolute atomic E-state index is 0.0959. The molecule has 1 aromatic heterocycles. The largest absolute Gasteiger partial charge is 0.497 e. The van der Waals surface area contributed by atoms with Gasteiger partial charge in [-0.2, -0.15) is 11.8 Å². The van der Waals surface area contributed by atoms with Gasteiger partial charge >= 0.3 is 5.97 Å². The lowest BCUT2D eigenvalue weighted by Crippen LogP contribution is -2.44. The number of likely N-dealkylation sites (tertiary alicyclic amines) is 1. The van der Waals surface area contributed by atoms with Crippen LogP contribution in [-0.2, 0) is 4.79 Å². The second-order valence-electron chi connectivity index (χ2n) is 9.45. The minimum atomic E-state index is -0.707. The molecule has 1 aromatic carbocycles. The van der Waals surface area contributed by atoms with Crippen molar-refractivity contribution in [2.75, 3.05) is 32.5 Å². The first-order valence-corrected chi connectivity index (χ1v) is 13.3. The summed E-state index contributed by atoms with van der Waals surface area (Å²) < 4.78 is 5.34. The Morgan fingerprint density at radius 1 is 1.27 bits per heavy atom. The molecule has 2 N–H and O–H groups in total. The summed E-state index contributed by atoms with van der Waals surface area (Å²) in [5.74, 6) is 0.851. The van der Waals surface area contributed by atoms with Gasteiger partial charge in [0.05, 0.1) is 24.6 Å². The van der Waals surface area contributed by atoms with Crippen molar-refractivity contribution >= 4 is 28.6 Å². The number of aliphatic hydroxyl groups excluding tert-OH is 1. The molecule has 0 spiro atoms. The van der Waals surface area contributed by atoms with E-state index in [1.54, 1.807) is 13.3 Å². The number of hydrogen-bond donors (Lipinski definition) is 2. The highest BCUT2D eigenvalue weighted by molar-refractivity contribution is 7.99. The molecule has 0 radical (unpaired) electrons. The number of carbonyl (C=O) groups is 1. The van der Waals surface area contributed by atoms with E-state index in [0.717, 1.165) is 52.7 Å².